The van der Waals surface area contributed by atoms with E-state index >= 15 is 0 Å². The summed E-state index contributed by atoms with van der Waals surface area (Å²) in [5.74, 6) is 0. The van der Waals surface area contributed by atoms with Crippen LogP contribution in [0.3, 0.4) is 0 Å². The van der Waals surface area contributed by atoms with Crippen molar-refractivity contribution < 1.29 is 0 Å². The Kier molecular flexibility index (Phi) is 4.31. The molecule has 0 spiro atoms. The minimum atomic E-state index is -1.19. The highest BCUT2D eigenvalue weighted by Crippen LogP contribution is 2.43. The maximum absolute atomic E-state index is 2.68. The lowest BCUT2D eigenvalue weighted by Crippen LogP contribution is -2.66. The maximum atomic E-state index is 2.68. The van der Waals surface area contributed by atoms with Crippen LogP contribution < -0.4 is 4.39 Å². The molecule has 0 aliphatic carbocycles. The molecule has 127 valence electrons. The van der Waals surface area contributed by atoms with Crippen molar-refractivity contribution in [2.75, 3.05) is 14.1 Å². The molecule has 1 nitrogen and oxygen atoms in total. The Labute approximate surface area is 152 Å². The van der Waals surface area contributed by atoms with Gasteiger partial charge in [-0.2, -0.15) is 0 Å². The van der Waals surface area contributed by atoms with Crippen molar-refractivity contribution in [2.45, 2.75) is 44.7 Å². The minimum absolute atomic E-state index is 0.427. The molecule has 3 radical (unpaired) electrons. The van der Waals surface area contributed by atoms with Crippen LogP contribution in [0.25, 0.3) is 10.8 Å². The van der Waals surface area contributed by atoms with Gasteiger partial charge in [-0.1, -0.05) is 75.2 Å². The molecule has 0 bridgehead atoms. The lowest BCUT2D eigenvalue weighted by molar-refractivity contribution is 0.622. The third kappa shape index (κ3) is 3.00. The van der Waals surface area contributed by atoms with E-state index in [1.807, 2.05) is 0 Å². The number of rotatable bonds is 3. The SMILES string of the molecule is C[N+]1(C)[B-]C([Si]([Si](C)(C)C)[Si](C)(C)C)c2cccc3cccc1c23. The van der Waals surface area contributed by atoms with Gasteiger partial charge in [-0.3, -0.25) is 0 Å². The molecule has 1 atom stereocenters. The zero-order chi connectivity index (χ0) is 17.9. The molecule has 3 rings (SSSR count). The zero-order valence-electron chi connectivity index (χ0n) is 16.6. The third-order valence-electron chi connectivity index (χ3n) is 5.32. The van der Waals surface area contributed by atoms with Crippen molar-refractivity contribution >= 4 is 46.9 Å². The van der Waals surface area contributed by atoms with Crippen LogP contribution >= 0.6 is 0 Å². The molecule has 1 unspecified atom stereocenters. The Hall–Kier alpha value is -0.624. The highest BCUT2D eigenvalue weighted by atomic mass is 29.6. The molecular weight excluding hydrogens is 337 g/mol. The lowest BCUT2D eigenvalue weighted by atomic mass is 9.72. The quantitative estimate of drug-likeness (QED) is 0.673. The summed E-state index contributed by atoms with van der Waals surface area (Å²) in [6, 6.07) is 13.8. The number of quaternary nitrogens is 1. The topological polar surface area (TPSA) is 0 Å². The molecule has 24 heavy (non-hydrogen) atoms. The second-order valence-electron chi connectivity index (χ2n) is 9.80. The summed E-state index contributed by atoms with van der Waals surface area (Å²) in [4.78, 5) is 0. The van der Waals surface area contributed by atoms with Gasteiger partial charge in [0.05, 0.1) is 5.69 Å². The molecule has 0 amide bonds. The predicted octanol–water partition coefficient (Wildman–Crippen LogP) is 4.95. The van der Waals surface area contributed by atoms with Gasteiger partial charge in [0, 0.05) is 42.5 Å². The predicted molar refractivity (Wildman–Crippen MR) is 119 cm³/mol. The standard InChI is InChI=1S/C19H31BNSi3/c1-21(2)17-14-10-12-15-11-9-13-16(18(15)17)19(20-21)22(23(3,4)5)24(6,7)8/h9-14,19H,1-8H3. The van der Waals surface area contributed by atoms with Gasteiger partial charge in [0.25, 0.3) is 0 Å². The number of nitrogens with zero attached hydrogens (tertiary/aromatic N) is 1. The van der Waals surface area contributed by atoms with Crippen molar-refractivity contribution in [3.8, 4) is 0 Å². The summed E-state index contributed by atoms with van der Waals surface area (Å²) in [7, 11) is 4.61. The summed E-state index contributed by atoms with van der Waals surface area (Å²) in [6.07, 6.45) is 0. The van der Waals surface area contributed by atoms with Crippen LogP contribution in [0.2, 0.25) is 39.3 Å². The molecule has 0 saturated carbocycles. The number of benzene rings is 2. The van der Waals surface area contributed by atoms with Crippen LogP contribution in [0.15, 0.2) is 36.4 Å². The van der Waals surface area contributed by atoms with Crippen molar-refractivity contribution in [1.82, 2.24) is 4.39 Å². The minimum Gasteiger partial charge on any atom is -0.530 e. The summed E-state index contributed by atoms with van der Waals surface area (Å²) < 4.78 is 0.919. The average molecular weight is 369 g/mol. The summed E-state index contributed by atoms with van der Waals surface area (Å²) in [5.41, 5.74) is 3.77. The van der Waals surface area contributed by atoms with E-state index in [9.17, 15) is 0 Å². The van der Waals surface area contributed by atoms with E-state index in [1.165, 1.54) is 16.5 Å². The molecule has 0 aromatic heterocycles. The summed E-state index contributed by atoms with van der Waals surface area (Å²) in [6.45, 7) is 15.7. The van der Waals surface area contributed by atoms with E-state index in [1.54, 1.807) is 5.56 Å². The van der Waals surface area contributed by atoms with E-state index in [-0.39, 0.29) is 0 Å². The Bertz CT molecular complexity index is 755. The highest BCUT2D eigenvalue weighted by Gasteiger charge is 2.44. The van der Waals surface area contributed by atoms with Crippen LogP contribution in [0.5, 0.6) is 0 Å². The van der Waals surface area contributed by atoms with Crippen molar-refractivity contribution in [3.05, 3.63) is 42.0 Å². The first-order chi connectivity index (χ1) is 10.9. The highest BCUT2D eigenvalue weighted by molar-refractivity contribution is 7.61. The average Bonchev–Trinajstić information content (AvgIpc) is 2.41. The first-order valence-electron chi connectivity index (χ1n) is 9.02. The van der Waals surface area contributed by atoms with Crippen LogP contribution in [0.1, 0.15) is 11.0 Å². The van der Waals surface area contributed by atoms with Crippen LogP contribution in [-0.2, 0) is 0 Å². The molecule has 2 aromatic rings. The molecule has 0 saturated heterocycles. The molecule has 1 aliphatic heterocycles. The van der Waals surface area contributed by atoms with Gasteiger partial charge in [-0.05, 0) is 18.9 Å². The van der Waals surface area contributed by atoms with Gasteiger partial charge in [-0.15, -0.1) is 5.44 Å². The summed E-state index contributed by atoms with van der Waals surface area (Å²) >= 11 is 0. The monoisotopic (exact) mass is 368 g/mol. The van der Waals surface area contributed by atoms with Crippen LogP contribution in [-0.4, -0.2) is 44.5 Å². The van der Waals surface area contributed by atoms with Gasteiger partial charge < -0.3 is 4.39 Å². The van der Waals surface area contributed by atoms with Crippen LogP contribution in [0, 0.1) is 0 Å². The fourth-order valence-electron chi connectivity index (χ4n) is 4.91. The Morgan fingerprint density at radius 1 is 0.875 bits per heavy atom. The van der Waals surface area contributed by atoms with E-state index in [0.717, 1.165) is 4.39 Å². The number of hydrogen-bond acceptors (Lipinski definition) is 0. The van der Waals surface area contributed by atoms with E-state index < -0.39 is 23.0 Å². The van der Waals surface area contributed by atoms with Crippen LogP contribution in [0.4, 0.5) is 5.69 Å². The lowest BCUT2D eigenvalue weighted by Gasteiger charge is -2.56. The number of hydrogen-bond donors (Lipinski definition) is 0. The third-order valence-corrected chi connectivity index (χ3v) is 34.7. The largest absolute Gasteiger partial charge is 0.530 e. The van der Waals surface area contributed by atoms with E-state index in [4.69, 9.17) is 0 Å². The van der Waals surface area contributed by atoms with Gasteiger partial charge in [-0.25, -0.2) is 0 Å². The molecule has 2 aromatic carbocycles. The van der Waals surface area contributed by atoms with Crippen molar-refractivity contribution in [2.24, 2.45) is 0 Å². The molecular formula is C19H31BNSi3. The van der Waals surface area contributed by atoms with Gasteiger partial charge in [0.15, 0.2) is 0 Å². The van der Waals surface area contributed by atoms with Crippen molar-refractivity contribution in [3.63, 3.8) is 0 Å². The normalized spacial score (nSPS) is 20.6. The van der Waals surface area contributed by atoms with Gasteiger partial charge >= 0.3 is 0 Å². The zero-order valence-corrected chi connectivity index (χ0v) is 19.6. The van der Waals surface area contributed by atoms with Crippen molar-refractivity contribution in [1.29, 1.82) is 0 Å². The first-order valence-corrected chi connectivity index (χ1v) is 19.6. The Balaban J connectivity index is 2.30. The molecule has 1 heterocycles. The fourth-order valence-corrected chi connectivity index (χ4v) is 44.1. The summed E-state index contributed by atoms with van der Waals surface area (Å²) in [5, 5.41) is 2.96. The molecule has 0 N–H and O–H groups in total. The van der Waals surface area contributed by atoms with E-state index in [2.05, 4.69) is 97.2 Å². The Morgan fingerprint density at radius 3 is 1.96 bits per heavy atom. The second-order valence-corrected chi connectivity index (χ2v) is 34.0. The molecule has 0 fully saturated rings. The van der Waals surface area contributed by atoms with Gasteiger partial charge in [0.2, 0.25) is 0 Å². The fraction of sp³-hybridized carbons (Fsp3) is 0.474. The van der Waals surface area contributed by atoms with E-state index in [0.29, 0.717) is 5.44 Å². The first kappa shape index (κ1) is 18.2. The Morgan fingerprint density at radius 2 is 1.42 bits per heavy atom. The second kappa shape index (κ2) is 5.69. The molecule has 1 aliphatic rings. The van der Waals surface area contributed by atoms with Gasteiger partial charge in [0.1, 0.15) is 0 Å². The smallest absolute Gasteiger partial charge is 0.0911 e. The maximum Gasteiger partial charge on any atom is 0.0911 e. The molecule has 5 heteroatoms.